The zero-order valence-corrected chi connectivity index (χ0v) is 5.65. The largest absolute Gasteiger partial charge is 0.511 e. The van der Waals surface area contributed by atoms with E-state index in [9.17, 15) is 22.4 Å². The summed E-state index contributed by atoms with van der Waals surface area (Å²) in [6, 6.07) is 0. The van der Waals surface area contributed by atoms with Crippen molar-refractivity contribution in [3.8, 4) is 0 Å². The number of hydrogen-bond donors (Lipinski definition) is 0. The highest BCUT2D eigenvalue weighted by Crippen LogP contribution is 2.34. The van der Waals surface area contributed by atoms with Crippen molar-refractivity contribution in [3.05, 3.63) is 0 Å². The third-order valence-corrected chi connectivity index (χ3v) is 1.14. The van der Waals surface area contributed by atoms with Crippen LogP contribution >= 0.6 is 0 Å². The fourth-order valence-electron chi connectivity index (χ4n) is 0.761. The first-order chi connectivity index (χ1) is 5.31. The fourth-order valence-corrected chi connectivity index (χ4v) is 0.761. The summed E-state index contributed by atoms with van der Waals surface area (Å²) in [4.78, 5) is 10.1. The van der Waals surface area contributed by atoms with Gasteiger partial charge in [0.2, 0.25) is 0 Å². The summed E-state index contributed by atoms with van der Waals surface area (Å²) in [6.07, 6.45) is -7.98. The molecule has 0 bridgehead atoms. The lowest BCUT2D eigenvalue weighted by molar-refractivity contribution is -0.200. The van der Waals surface area contributed by atoms with E-state index in [0.29, 0.717) is 0 Å². The van der Waals surface area contributed by atoms with E-state index in [2.05, 4.69) is 9.47 Å². The number of alkyl halides is 4. The Morgan fingerprint density at radius 3 is 2.42 bits per heavy atom. The quantitative estimate of drug-likeness (QED) is 0.464. The van der Waals surface area contributed by atoms with Gasteiger partial charge < -0.3 is 9.47 Å². The van der Waals surface area contributed by atoms with E-state index >= 15 is 0 Å². The number of halogens is 4. The number of hydrogen-bond acceptors (Lipinski definition) is 3. The van der Waals surface area contributed by atoms with Crippen molar-refractivity contribution < 1.29 is 31.8 Å². The number of cyclic esters (lactones) is 2. The minimum Gasteiger partial charge on any atom is -0.427 e. The standard InChI is InChI=1S/C5H4F4O3/c6-4(1-5(7,8)9)2-11-3(10)12-4/h1-2H2. The van der Waals surface area contributed by atoms with Crippen LogP contribution in [-0.4, -0.2) is 24.8 Å². The van der Waals surface area contributed by atoms with Crippen LogP contribution in [0.2, 0.25) is 0 Å². The molecule has 1 atom stereocenters. The Morgan fingerprint density at radius 1 is 1.50 bits per heavy atom. The second-order valence-corrected chi connectivity index (χ2v) is 2.32. The average molecular weight is 188 g/mol. The summed E-state index contributed by atoms with van der Waals surface area (Å²) in [6.45, 7) is -1.01. The molecule has 0 aromatic rings. The second kappa shape index (κ2) is 2.49. The van der Waals surface area contributed by atoms with Crippen LogP contribution in [0.1, 0.15) is 6.42 Å². The van der Waals surface area contributed by atoms with Crippen LogP contribution in [0.4, 0.5) is 22.4 Å². The molecule has 0 aromatic heterocycles. The van der Waals surface area contributed by atoms with E-state index in [4.69, 9.17) is 0 Å². The van der Waals surface area contributed by atoms with Gasteiger partial charge in [-0.15, -0.1) is 0 Å². The predicted molar refractivity (Wildman–Crippen MR) is 26.9 cm³/mol. The lowest BCUT2D eigenvalue weighted by Gasteiger charge is -2.16. The Morgan fingerprint density at radius 2 is 2.08 bits per heavy atom. The van der Waals surface area contributed by atoms with Crippen molar-refractivity contribution in [2.45, 2.75) is 18.5 Å². The molecule has 3 nitrogen and oxygen atoms in total. The van der Waals surface area contributed by atoms with Gasteiger partial charge in [0.25, 0.3) is 5.85 Å². The molecule has 0 aromatic carbocycles. The number of carbonyl (C=O) groups is 1. The monoisotopic (exact) mass is 188 g/mol. The first-order valence-corrected chi connectivity index (χ1v) is 2.92. The first-order valence-electron chi connectivity index (χ1n) is 2.92. The summed E-state index contributed by atoms with van der Waals surface area (Å²) in [7, 11) is 0. The van der Waals surface area contributed by atoms with Crippen LogP contribution in [0.3, 0.4) is 0 Å². The van der Waals surface area contributed by atoms with Gasteiger partial charge in [0.05, 0.1) is 0 Å². The van der Waals surface area contributed by atoms with Gasteiger partial charge in [-0.1, -0.05) is 0 Å². The number of ether oxygens (including phenoxy) is 2. The van der Waals surface area contributed by atoms with Crippen molar-refractivity contribution in [1.29, 1.82) is 0 Å². The van der Waals surface area contributed by atoms with Gasteiger partial charge in [-0.05, 0) is 0 Å². The third-order valence-electron chi connectivity index (χ3n) is 1.14. The van der Waals surface area contributed by atoms with Crippen LogP contribution in [0.5, 0.6) is 0 Å². The van der Waals surface area contributed by atoms with Crippen molar-refractivity contribution in [2.75, 3.05) is 6.61 Å². The number of carbonyl (C=O) groups excluding carboxylic acids is 1. The first kappa shape index (κ1) is 9.08. The molecule has 0 spiro atoms. The van der Waals surface area contributed by atoms with E-state index < -0.39 is 31.2 Å². The van der Waals surface area contributed by atoms with Crippen LogP contribution in [-0.2, 0) is 9.47 Å². The zero-order chi connectivity index (χ0) is 9.41. The van der Waals surface area contributed by atoms with E-state index in [1.165, 1.54) is 0 Å². The highest BCUT2D eigenvalue weighted by atomic mass is 19.4. The van der Waals surface area contributed by atoms with Gasteiger partial charge in [-0.3, -0.25) is 0 Å². The summed E-state index contributed by atoms with van der Waals surface area (Å²) in [5.41, 5.74) is 0. The Balaban J connectivity index is 2.56. The number of rotatable bonds is 1. The minimum absolute atomic E-state index is 1.01. The van der Waals surface area contributed by atoms with Crippen LogP contribution in [0.25, 0.3) is 0 Å². The highest BCUT2D eigenvalue weighted by molar-refractivity contribution is 5.62. The molecule has 7 heteroatoms. The lowest BCUT2D eigenvalue weighted by Crippen LogP contribution is -2.32. The molecule has 1 aliphatic heterocycles. The molecule has 1 saturated heterocycles. The van der Waals surface area contributed by atoms with Crippen molar-refractivity contribution in [2.24, 2.45) is 0 Å². The molecule has 1 heterocycles. The van der Waals surface area contributed by atoms with E-state index in [1.54, 1.807) is 0 Å². The van der Waals surface area contributed by atoms with E-state index in [1.807, 2.05) is 0 Å². The summed E-state index contributed by atoms with van der Waals surface area (Å²) >= 11 is 0. The Bertz CT molecular complexity index is 201. The van der Waals surface area contributed by atoms with Gasteiger partial charge in [0, 0.05) is 0 Å². The summed E-state index contributed by atoms with van der Waals surface area (Å²) in [5, 5.41) is 0. The van der Waals surface area contributed by atoms with Gasteiger partial charge >= 0.3 is 12.3 Å². The highest BCUT2D eigenvalue weighted by Gasteiger charge is 2.51. The van der Waals surface area contributed by atoms with Crippen LogP contribution in [0, 0.1) is 0 Å². The van der Waals surface area contributed by atoms with Crippen LogP contribution < -0.4 is 0 Å². The average Bonchev–Trinajstić information content (AvgIpc) is 2.05. The van der Waals surface area contributed by atoms with E-state index in [0.717, 1.165) is 0 Å². The molecule has 1 fully saturated rings. The molecule has 1 rings (SSSR count). The summed E-state index contributed by atoms with van der Waals surface area (Å²) in [5.74, 6) is -3.05. The molecule has 12 heavy (non-hydrogen) atoms. The molecule has 0 saturated carbocycles. The van der Waals surface area contributed by atoms with Crippen molar-refractivity contribution >= 4 is 6.16 Å². The molecule has 70 valence electrons. The van der Waals surface area contributed by atoms with Gasteiger partial charge in [0.15, 0.2) is 6.61 Å². The normalized spacial score (nSPS) is 29.8. The predicted octanol–water partition coefficient (Wildman–Crippen LogP) is 1.77. The smallest absolute Gasteiger partial charge is 0.427 e. The second-order valence-electron chi connectivity index (χ2n) is 2.32. The molecule has 0 amide bonds. The van der Waals surface area contributed by atoms with Gasteiger partial charge in [-0.2, -0.15) is 17.6 Å². The topological polar surface area (TPSA) is 35.5 Å². The fraction of sp³-hybridized carbons (Fsp3) is 0.800. The maximum atomic E-state index is 12.8. The molecule has 0 N–H and O–H groups in total. The van der Waals surface area contributed by atoms with Crippen molar-refractivity contribution in [1.82, 2.24) is 0 Å². The van der Waals surface area contributed by atoms with Crippen molar-refractivity contribution in [3.63, 3.8) is 0 Å². The zero-order valence-electron chi connectivity index (χ0n) is 5.65. The SMILES string of the molecule is O=C1OCC(F)(CC(F)(F)F)O1. The lowest BCUT2D eigenvalue weighted by atomic mass is 10.2. The van der Waals surface area contributed by atoms with Gasteiger partial charge in [0.1, 0.15) is 6.42 Å². The Kier molecular flexibility index (Phi) is 1.89. The maximum Gasteiger partial charge on any atom is 0.511 e. The Labute approximate surface area is 64.2 Å². The molecular formula is C5H4F4O3. The third kappa shape index (κ3) is 2.24. The van der Waals surface area contributed by atoms with Gasteiger partial charge in [-0.25, -0.2) is 4.79 Å². The maximum absolute atomic E-state index is 12.8. The molecular weight excluding hydrogens is 184 g/mol. The van der Waals surface area contributed by atoms with E-state index in [-0.39, 0.29) is 0 Å². The Hall–Kier alpha value is -1.01. The molecule has 1 unspecified atom stereocenters. The molecule has 0 aliphatic carbocycles. The summed E-state index contributed by atoms with van der Waals surface area (Å²) < 4.78 is 55.1. The minimum atomic E-state index is -4.72. The van der Waals surface area contributed by atoms with Crippen LogP contribution in [0.15, 0.2) is 0 Å². The molecule has 1 aliphatic rings. The molecule has 0 radical (unpaired) electrons.